The third kappa shape index (κ3) is 9.00. The summed E-state index contributed by atoms with van der Waals surface area (Å²) in [7, 11) is 0. The first-order valence-electron chi connectivity index (χ1n) is 2.88. The Morgan fingerprint density at radius 1 is 1.45 bits per heavy atom. The van der Waals surface area contributed by atoms with Crippen molar-refractivity contribution in [2.24, 2.45) is 0 Å². The minimum atomic E-state index is -4.33. The first kappa shape index (κ1) is 10.0. The average molecular weight is 168 g/mol. The third-order valence-corrected chi connectivity index (χ3v) is 0.832. The van der Waals surface area contributed by atoms with Crippen LogP contribution in [0.3, 0.4) is 0 Å². The molecule has 0 aliphatic carbocycles. The molecule has 0 bridgehead atoms. The van der Waals surface area contributed by atoms with E-state index in [1.165, 1.54) is 0 Å². The number of hydrogen-bond donors (Lipinski definition) is 1. The lowest BCUT2D eigenvalue weighted by Gasteiger charge is -1.95. The van der Waals surface area contributed by atoms with E-state index in [1.54, 1.807) is 0 Å². The van der Waals surface area contributed by atoms with Crippen LogP contribution in [-0.4, -0.2) is 17.3 Å². The summed E-state index contributed by atoms with van der Waals surface area (Å²) in [6.07, 6.45) is -3.86. The Balaban J connectivity index is 3.54. The van der Waals surface area contributed by atoms with E-state index in [0.717, 1.165) is 6.08 Å². The second-order valence-electron chi connectivity index (χ2n) is 1.88. The molecule has 0 radical (unpaired) electrons. The van der Waals surface area contributed by atoms with Gasteiger partial charge in [-0.25, -0.2) is 0 Å². The van der Waals surface area contributed by atoms with Crippen LogP contribution in [0.5, 0.6) is 0 Å². The largest absolute Gasteiger partial charge is 0.481 e. The minimum absolute atomic E-state index is 0.0376. The van der Waals surface area contributed by atoms with Gasteiger partial charge in [0.1, 0.15) is 0 Å². The predicted octanol–water partition coefficient (Wildman–Crippen LogP) is 1.97. The SMILES string of the molecule is O=C(O)CCC=CC(F)(F)F. The van der Waals surface area contributed by atoms with Gasteiger partial charge in [-0.2, -0.15) is 13.2 Å². The molecule has 2 nitrogen and oxygen atoms in total. The molecule has 0 rings (SSSR count). The zero-order chi connectivity index (χ0) is 8.91. The zero-order valence-corrected chi connectivity index (χ0v) is 5.56. The van der Waals surface area contributed by atoms with Crippen LogP contribution in [0.15, 0.2) is 12.2 Å². The molecule has 0 aromatic heterocycles. The lowest BCUT2D eigenvalue weighted by molar-refractivity contribution is -0.136. The third-order valence-electron chi connectivity index (χ3n) is 0.832. The van der Waals surface area contributed by atoms with Crippen LogP contribution < -0.4 is 0 Å². The Hall–Kier alpha value is -1.00. The van der Waals surface area contributed by atoms with E-state index in [2.05, 4.69) is 0 Å². The molecular weight excluding hydrogens is 161 g/mol. The van der Waals surface area contributed by atoms with Gasteiger partial charge in [0.25, 0.3) is 0 Å². The van der Waals surface area contributed by atoms with Crippen molar-refractivity contribution in [1.82, 2.24) is 0 Å². The number of rotatable bonds is 3. The molecule has 0 saturated heterocycles. The molecular formula is C6H7F3O2. The number of hydrogen-bond acceptors (Lipinski definition) is 1. The van der Waals surface area contributed by atoms with Crippen molar-refractivity contribution in [3.05, 3.63) is 12.2 Å². The van der Waals surface area contributed by atoms with Crippen molar-refractivity contribution in [1.29, 1.82) is 0 Å². The smallest absolute Gasteiger partial charge is 0.409 e. The number of alkyl halides is 3. The maximum Gasteiger partial charge on any atom is 0.409 e. The molecule has 0 amide bonds. The molecule has 0 aromatic rings. The van der Waals surface area contributed by atoms with Crippen LogP contribution in [-0.2, 0) is 4.79 Å². The first-order valence-corrected chi connectivity index (χ1v) is 2.88. The topological polar surface area (TPSA) is 37.3 Å². The molecule has 0 spiro atoms. The average Bonchev–Trinajstić information content (AvgIpc) is 1.78. The molecule has 0 aromatic carbocycles. The van der Waals surface area contributed by atoms with Gasteiger partial charge in [-0.15, -0.1) is 0 Å². The van der Waals surface area contributed by atoms with Gasteiger partial charge in [0, 0.05) is 12.5 Å². The summed E-state index contributed by atoms with van der Waals surface area (Å²) >= 11 is 0. The lowest BCUT2D eigenvalue weighted by atomic mass is 10.3. The molecule has 64 valence electrons. The summed E-state index contributed by atoms with van der Waals surface area (Å²) in [6, 6.07) is 0. The Labute approximate surface area is 61.3 Å². The highest BCUT2D eigenvalue weighted by Crippen LogP contribution is 2.16. The molecule has 0 atom stereocenters. The highest BCUT2D eigenvalue weighted by atomic mass is 19.4. The van der Waals surface area contributed by atoms with Gasteiger partial charge >= 0.3 is 12.1 Å². The van der Waals surface area contributed by atoms with Gasteiger partial charge < -0.3 is 5.11 Å². The quantitative estimate of drug-likeness (QED) is 0.654. The number of allylic oxidation sites excluding steroid dienone is 2. The van der Waals surface area contributed by atoms with Gasteiger partial charge in [0.05, 0.1) is 0 Å². The number of halogens is 3. The fourth-order valence-electron chi connectivity index (χ4n) is 0.424. The van der Waals surface area contributed by atoms with Gasteiger partial charge in [0.2, 0.25) is 0 Å². The molecule has 5 heteroatoms. The van der Waals surface area contributed by atoms with E-state index < -0.39 is 12.1 Å². The van der Waals surface area contributed by atoms with E-state index in [4.69, 9.17) is 5.11 Å². The molecule has 0 aliphatic rings. The molecule has 11 heavy (non-hydrogen) atoms. The fraction of sp³-hybridized carbons (Fsp3) is 0.500. The van der Waals surface area contributed by atoms with Gasteiger partial charge in [-0.1, -0.05) is 6.08 Å². The van der Waals surface area contributed by atoms with Gasteiger partial charge in [-0.3, -0.25) is 4.79 Å². The highest BCUT2D eigenvalue weighted by molar-refractivity contribution is 5.66. The Morgan fingerprint density at radius 2 is 2.00 bits per heavy atom. The zero-order valence-electron chi connectivity index (χ0n) is 5.56. The van der Waals surface area contributed by atoms with Crippen LogP contribution in [0.4, 0.5) is 13.2 Å². The van der Waals surface area contributed by atoms with E-state index in [9.17, 15) is 18.0 Å². The monoisotopic (exact) mass is 168 g/mol. The lowest BCUT2D eigenvalue weighted by Crippen LogP contribution is -2.00. The Kier molecular flexibility index (Phi) is 3.64. The molecule has 0 unspecified atom stereocenters. The summed E-state index contributed by atoms with van der Waals surface area (Å²) in [5.74, 6) is -1.10. The second kappa shape index (κ2) is 4.00. The van der Waals surface area contributed by atoms with E-state index in [0.29, 0.717) is 0 Å². The standard InChI is InChI=1S/C6H7F3O2/c7-6(8,9)4-2-1-3-5(10)11/h2,4H,1,3H2,(H,10,11). The van der Waals surface area contributed by atoms with Crippen LogP contribution in [0.1, 0.15) is 12.8 Å². The molecule has 0 fully saturated rings. The second-order valence-corrected chi connectivity index (χ2v) is 1.88. The van der Waals surface area contributed by atoms with Crippen LogP contribution >= 0.6 is 0 Å². The van der Waals surface area contributed by atoms with Crippen molar-refractivity contribution in [2.75, 3.05) is 0 Å². The van der Waals surface area contributed by atoms with E-state index in [1.807, 2.05) is 0 Å². The van der Waals surface area contributed by atoms with Crippen molar-refractivity contribution in [3.8, 4) is 0 Å². The van der Waals surface area contributed by atoms with Crippen LogP contribution in [0, 0.1) is 0 Å². The normalized spacial score (nSPS) is 12.3. The van der Waals surface area contributed by atoms with Crippen LogP contribution in [0.2, 0.25) is 0 Å². The summed E-state index contributed by atoms with van der Waals surface area (Å²) in [4.78, 5) is 9.81. The number of aliphatic carboxylic acids is 1. The Bertz CT molecular complexity index is 160. The predicted molar refractivity (Wildman–Crippen MR) is 32.1 cm³/mol. The summed E-state index contributed by atoms with van der Waals surface area (Å²) in [5.41, 5.74) is 0. The maximum atomic E-state index is 11.3. The minimum Gasteiger partial charge on any atom is -0.481 e. The highest BCUT2D eigenvalue weighted by Gasteiger charge is 2.21. The molecule has 1 N–H and O–H groups in total. The summed E-state index contributed by atoms with van der Waals surface area (Å²) < 4.78 is 34.0. The summed E-state index contributed by atoms with van der Waals surface area (Å²) in [6.45, 7) is 0. The molecule has 0 aliphatic heterocycles. The van der Waals surface area contributed by atoms with Gasteiger partial charge in [0.15, 0.2) is 0 Å². The number of carboxylic acid groups (broad SMARTS) is 1. The number of carbonyl (C=O) groups is 1. The number of carboxylic acids is 1. The maximum absolute atomic E-state index is 11.3. The van der Waals surface area contributed by atoms with Crippen molar-refractivity contribution >= 4 is 5.97 Å². The van der Waals surface area contributed by atoms with Crippen molar-refractivity contribution in [3.63, 3.8) is 0 Å². The van der Waals surface area contributed by atoms with Crippen molar-refractivity contribution < 1.29 is 23.1 Å². The van der Waals surface area contributed by atoms with Gasteiger partial charge in [-0.05, 0) is 6.42 Å². The molecule has 0 saturated carbocycles. The Morgan fingerprint density at radius 3 is 2.36 bits per heavy atom. The summed E-state index contributed by atoms with van der Waals surface area (Å²) in [5, 5.41) is 8.03. The van der Waals surface area contributed by atoms with E-state index >= 15 is 0 Å². The van der Waals surface area contributed by atoms with Crippen molar-refractivity contribution in [2.45, 2.75) is 19.0 Å². The van der Waals surface area contributed by atoms with E-state index in [-0.39, 0.29) is 18.9 Å². The first-order chi connectivity index (χ1) is 4.92. The fourth-order valence-corrected chi connectivity index (χ4v) is 0.424. The molecule has 0 heterocycles. The van der Waals surface area contributed by atoms with Crippen LogP contribution in [0.25, 0.3) is 0 Å².